The zero-order valence-electron chi connectivity index (χ0n) is 8.12. The van der Waals surface area contributed by atoms with Gasteiger partial charge in [-0.2, -0.15) is 23.5 Å². The molecule has 0 fully saturated rings. The van der Waals surface area contributed by atoms with E-state index in [1.54, 1.807) is 11.8 Å². The lowest BCUT2D eigenvalue weighted by molar-refractivity contribution is -0.141. The molecule has 2 N–H and O–H groups in total. The monoisotopic (exact) mass is 223 g/mol. The van der Waals surface area contributed by atoms with Crippen LogP contribution in [0.1, 0.15) is 6.42 Å². The quantitative estimate of drug-likeness (QED) is 0.515. The fourth-order valence-electron chi connectivity index (χ4n) is 0.735. The Morgan fingerprint density at radius 1 is 1.54 bits per heavy atom. The van der Waals surface area contributed by atoms with Crippen LogP contribution in [0.15, 0.2) is 0 Å². The zero-order chi connectivity index (χ0) is 10.1. The molecule has 0 spiro atoms. The van der Waals surface area contributed by atoms with E-state index in [1.807, 2.05) is 11.8 Å². The van der Waals surface area contributed by atoms with Crippen LogP contribution < -0.4 is 5.73 Å². The topological polar surface area (TPSA) is 52.3 Å². The molecule has 0 saturated heterocycles. The molecule has 0 aliphatic heterocycles. The van der Waals surface area contributed by atoms with Crippen molar-refractivity contribution in [3.8, 4) is 0 Å². The van der Waals surface area contributed by atoms with Crippen LogP contribution in [0.5, 0.6) is 0 Å². The number of rotatable bonds is 7. The number of nitrogens with two attached hydrogens (primary N) is 1. The maximum atomic E-state index is 10.9. The molecule has 0 bridgehead atoms. The summed E-state index contributed by atoms with van der Waals surface area (Å²) in [7, 11) is 1.36. The second kappa shape index (κ2) is 8.72. The van der Waals surface area contributed by atoms with Crippen LogP contribution in [0.3, 0.4) is 0 Å². The maximum absolute atomic E-state index is 10.9. The molecule has 13 heavy (non-hydrogen) atoms. The van der Waals surface area contributed by atoms with Crippen molar-refractivity contribution in [1.82, 2.24) is 0 Å². The predicted molar refractivity (Wildman–Crippen MR) is 60.3 cm³/mol. The van der Waals surface area contributed by atoms with Crippen LogP contribution in [0.2, 0.25) is 0 Å². The lowest BCUT2D eigenvalue weighted by Crippen LogP contribution is -2.33. The molecule has 1 atom stereocenters. The van der Waals surface area contributed by atoms with E-state index in [4.69, 9.17) is 5.73 Å². The minimum atomic E-state index is -0.468. The van der Waals surface area contributed by atoms with Crippen molar-refractivity contribution >= 4 is 29.5 Å². The SMILES string of the molecule is COC(=O)C(N)CSCCCSC. The van der Waals surface area contributed by atoms with Crippen LogP contribution in [0.25, 0.3) is 0 Å². The molecule has 3 nitrogen and oxygen atoms in total. The average molecular weight is 223 g/mol. The second-order valence-electron chi connectivity index (χ2n) is 2.55. The van der Waals surface area contributed by atoms with Gasteiger partial charge in [-0.15, -0.1) is 0 Å². The van der Waals surface area contributed by atoms with Crippen molar-refractivity contribution in [3.05, 3.63) is 0 Å². The standard InChI is InChI=1S/C8H17NO2S2/c1-11-8(10)7(9)6-13-5-3-4-12-2/h7H,3-6,9H2,1-2H3. The molecule has 0 aromatic carbocycles. The Hall–Kier alpha value is 0.130. The van der Waals surface area contributed by atoms with E-state index in [-0.39, 0.29) is 5.97 Å². The highest BCUT2D eigenvalue weighted by Crippen LogP contribution is 2.07. The largest absolute Gasteiger partial charge is 0.468 e. The van der Waals surface area contributed by atoms with Gasteiger partial charge in [-0.1, -0.05) is 0 Å². The first-order chi connectivity index (χ1) is 6.22. The first kappa shape index (κ1) is 13.1. The summed E-state index contributed by atoms with van der Waals surface area (Å²) < 4.78 is 4.51. The lowest BCUT2D eigenvalue weighted by Gasteiger charge is -2.07. The van der Waals surface area contributed by atoms with E-state index in [0.717, 1.165) is 5.75 Å². The summed E-state index contributed by atoms with van der Waals surface area (Å²) in [5.41, 5.74) is 5.54. The van der Waals surface area contributed by atoms with Gasteiger partial charge in [0.15, 0.2) is 0 Å². The minimum absolute atomic E-state index is 0.322. The number of methoxy groups -OCH3 is 1. The van der Waals surface area contributed by atoms with Crippen LogP contribution in [-0.2, 0) is 9.53 Å². The smallest absolute Gasteiger partial charge is 0.323 e. The van der Waals surface area contributed by atoms with E-state index >= 15 is 0 Å². The Morgan fingerprint density at radius 3 is 2.77 bits per heavy atom. The molecular weight excluding hydrogens is 206 g/mol. The number of esters is 1. The van der Waals surface area contributed by atoms with Crippen LogP contribution in [0.4, 0.5) is 0 Å². The summed E-state index contributed by atoms with van der Waals surface area (Å²) in [6.07, 6.45) is 3.25. The van der Waals surface area contributed by atoms with Gasteiger partial charge in [-0.25, -0.2) is 0 Å². The summed E-state index contributed by atoms with van der Waals surface area (Å²) >= 11 is 3.54. The number of hydrogen-bond acceptors (Lipinski definition) is 5. The molecule has 0 radical (unpaired) electrons. The summed E-state index contributed by atoms with van der Waals surface area (Å²) in [5, 5.41) is 0. The van der Waals surface area contributed by atoms with Crippen LogP contribution in [-0.4, -0.2) is 42.6 Å². The molecule has 0 aromatic heterocycles. The van der Waals surface area contributed by atoms with Gasteiger partial charge in [0.05, 0.1) is 7.11 Å². The highest BCUT2D eigenvalue weighted by Gasteiger charge is 2.12. The van der Waals surface area contributed by atoms with Gasteiger partial charge >= 0.3 is 5.97 Å². The van der Waals surface area contributed by atoms with Gasteiger partial charge in [0.25, 0.3) is 0 Å². The molecule has 0 heterocycles. The van der Waals surface area contributed by atoms with Gasteiger partial charge < -0.3 is 10.5 Å². The van der Waals surface area contributed by atoms with E-state index in [9.17, 15) is 4.79 Å². The molecule has 0 aliphatic rings. The van der Waals surface area contributed by atoms with Crippen LogP contribution >= 0.6 is 23.5 Å². The Balaban J connectivity index is 3.26. The van der Waals surface area contributed by atoms with E-state index in [0.29, 0.717) is 5.75 Å². The molecule has 5 heteroatoms. The third-order valence-corrected chi connectivity index (χ3v) is 3.31. The molecule has 1 unspecified atom stereocenters. The normalized spacial score (nSPS) is 12.5. The first-order valence-electron chi connectivity index (χ1n) is 4.12. The highest BCUT2D eigenvalue weighted by atomic mass is 32.2. The Morgan fingerprint density at radius 2 is 2.23 bits per heavy atom. The number of thioether (sulfide) groups is 2. The maximum Gasteiger partial charge on any atom is 0.323 e. The summed E-state index contributed by atoms with van der Waals surface area (Å²) in [4.78, 5) is 10.9. The third-order valence-electron chi connectivity index (χ3n) is 1.44. The average Bonchev–Trinajstić information content (AvgIpc) is 2.16. The van der Waals surface area contributed by atoms with E-state index < -0.39 is 6.04 Å². The lowest BCUT2D eigenvalue weighted by atomic mass is 10.4. The van der Waals surface area contributed by atoms with Crippen molar-refractivity contribution in [2.75, 3.05) is 30.6 Å². The first-order valence-corrected chi connectivity index (χ1v) is 6.67. The van der Waals surface area contributed by atoms with Crippen LogP contribution in [0, 0.1) is 0 Å². The Kier molecular flexibility index (Phi) is 8.80. The number of carbonyl (C=O) groups excluding carboxylic acids is 1. The molecule has 0 rings (SSSR count). The van der Waals surface area contributed by atoms with Crippen molar-refractivity contribution in [2.45, 2.75) is 12.5 Å². The molecule has 0 aliphatic carbocycles. The molecular formula is C8H17NO2S2. The molecule has 0 amide bonds. The van der Waals surface area contributed by atoms with Gasteiger partial charge in [0, 0.05) is 5.75 Å². The summed E-state index contributed by atoms with van der Waals surface area (Å²) in [5.74, 6) is 2.56. The van der Waals surface area contributed by atoms with Gasteiger partial charge in [0.2, 0.25) is 0 Å². The second-order valence-corrected chi connectivity index (χ2v) is 4.69. The highest BCUT2D eigenvalue weighted by molar-refractivity contribution is 7.99. The van der Waals surface area contributed by atoms with Gasteiger partial charge in [0.1, 0.15) is 6.04 Å². The van der Waals surface area contributed by atoms with Crippen molar-refractivity contribution in [1.29, 1.82) is 0 Å². The van der Waals surface area contributed by atoms with Crippen molar-refractivity contribution in [2.24, 2.45) is 5.73 Å². The van der Waals surface area contributed by atoms with Gasteiger partial charge in [-0.05, 0) is 24.2 Å². The Labute approximate surface area is 88.2 Å². The summed E-state index contributed by atoms with van der Waals surface area (Å²) in [6, 6.07) is -0.468. The predicted octanol–water partition coefficient (Wildman–Crippen LogP) is 0.973. The fraction of sp³-hybridized carbons (Fsp3) is 0.875. The van der Waals surface area contributed by atoms with Gasteiger partial charge in [-0.3, -0.25) is 4.79 Å². The van der Waals surface area contributed by atoms with Crippen molar-refractivity contribution < 1.29 is 9.53 Å². The molecule has 0 aromatic rings. The fourth-order valence-corrected chi connectivity index (χ4v) is 2.26. The molecule has 78 valence electrons. The number of ether oxygens (including phenoxy) is 1. The Bertz CT molecular complexity index is 144. The molecule has 0 saturated carbocycles. The number of carbonyl (C=O) groups is 1. The van der Waals surface area contributed by atoms with E-state index in [2.05, 4.69) is 11.0 Å². The third kappa shape index (κ3) is 7.22. The minimum Gasteiger partial charge on any atom is -0.468 e. The zero-order valence-corrected chi connectivity index (χ0v) is 9.75. The summed E-state index contributed by atoms with van der Waals surface area (Å²) in [6.45, 7) is 0. The number of hydrogen-bond donors (Lipinski definition) is 1. The van der Waals surface area contributed by atoms with E-state index in [1.165, 1.54) is 19.3 Å². The van der Waals surface area contributed by atoms with Crippen molar-refractivity contribution in [3.63, 3.8) is 0 Å².